The van der Waals surface area contributed by atoms with E-state index in [9.17, 15) is 19.7 Å². The predicted molar refractivity (Wildman–Crippen MR) is 121 cm³/mol. The molecule has 0 bridgehead atoms. The highest BCUT2D eigenvalue weighted by Gasteiger charge is 2.30. The van der Waals surface area contributed by atoms with Gasteiger partial charge in [0.25, 0.3) is 5.69 Å². The van der Waals surface area contributed by atoms with Crippen molar-refractivity contribution < 1.29 is 14.5 Å². The van der Waals surface area contributed by atoms with Crippen molar-refractivity contribution in [1.29, 1.82) is 0 Å². The molecule has 0 radical (unpaired) electrons. The summed E-state index contributed by atoms with van der Waals surface area (Å²) in [6.45, 7) is 5.54. The van der Waals surface area contributed by atoms with Crippen LogP contribution < -0.4 is 5.32 Å². The van der Waals surface area contributed by atoms with E-state index < -0.39 is 16.9 Å². The third-order valence-corrected chi connectivity index (χ3v) is 5.29. The van der Waals surface area contributed by atoms with Crippen molar-refractivity contribution in [1.82, 2.24) is 10.2 Å². The molecule has 0 unspecified atom stereocenters. The van der Waals surface area contributed by atoms with Gasteiger partial charge in [-0.1, -0.05) is 54.4 Å². The van der Waals surface area contributed by atoms with Gasteiger partial charge in [0.1, 0.15) is 6.04 Å². The van der Waals surface area contributed by atoms with Crippen LogP contribution in [0.5, 0.6) is 0 Å². The number of halogens is 2. The zero-order chi connectivity index (χ0) is 23.1. The summed E-state index contributed by atoms with van der Waals surface area (Å²) in [4.78, 5) is 38.4. The fraction of sp³-hybridized carbons (Fsp3) is 0.364. The molecule has 0 fully saturated rings. The molecule has 2 aromatic rings. The van der Waals surface area contributed by atoms with Gasteiger partial charge in [0, 0.05) is 34.3 Å². The number of benzene rings is 2. The first-order valence-corrected chi connectivity index (χ1v) is 10.7. The molecule has 0 heterocycles. The Hall–Kier alpha value is -2.64. The quantitative estimate of drug-likeness (QED) is 0.426. The van der Waals surface area contributed by atoms with Crippen LogP contribution >= 0.6 is 23.2 Å². The van der Waals surface area contributed by atoms with E-state index in [0.29, 0.717) is 22.0 Å². The normalized spacial score (nSPS) is 11.8. The Kier molecular flexibility index (Phi) is 8.83. The molecular formula is C22H25Cl2N3O4. The molecule has 0 spiro atoms. The molecule has 2 amide bonds. The Labute approximate surface area is 191 Å². The fourth-order valence-corrected chi connectivity index (χ4v) is 3.70. The first kappa shape index (κ1) is 24.6. The number of nitrogens with zero attached hydrogens (tertiary/aromatic N) is 2. The summed E-state index contributed by atoms with van der Waals surface area (Å²) >= 11 is 12.3. The van der Waals surface area contributed by atoms with Crippen LogP contribution in [0.3, 0.4) is 0 Å². The summed E-state index contributed by atoms with van der Waals surface area (Å²) in [6, 6.07) is 10.1. The monoisotopic (exact) mass is 465 g/mol. The number of amides is 2. The number of para-hydroxylation sites is 1. The Bertz CT molecular complexity index is 966. The third kappa shape index (κ3) is 6.67. The highest BCUT2D eigenvalue weighted by molar-refractivity contribution is 6.35. The zero-order valence-electron chi connectivity index (χ0n) is 17.6. The first-order chi connectivity index (χ1) is 14.6. The smallest absolute Gasteiger partial charge is 0.273 e. The lowest BCUT2D eigenvalue weighted by atomic mass is 10.1. The summed E-state index contributed by atoms with van der Waals surface area (Å²) in [7, 11) is 0. The highest BCUT2D eigenvalue weighted by Crippen LogP contribution is 2.25. The van der Waals surface area contributed by atoms with Crippen LogP contribution in [0.15, 0.2) is 42.5 Å². The SMILES string of the molecule is CC[C@H](C(=O)NC(C)C)N(Cc1ccc(Cl)cc1Cl)C(=O)Cc1ccccc1[N+](=O)[O-]. The van der Waals surface area contributed by atoms with Crippen LogP contribution in [0.1, 0.15) is 38.3 Å². The minimum Gasteiger partial charge on any atom is -0.352 e. The fourth-order valence-electron chi connectivity index (χ4n) is 3.24. The second-order valence-electron chi connectivity index (χ2n) is 7.41. The van der Waals surface area contributed by atoms with E-state index >= 15 is 0 Å². The molecule has 2 aromatic carbocycles. The molecule has 0 saturated carbocycles. The van der Waals surface area contributed by atoms with Crippen LogP contribution in [0.2, 0.25) is 10.0 Å². The van der Waals surface area contributed by atoms with Crippen molar-refractivity contribution in [3.63, 3.8) is 0 Å². The van der Waals surface area contributed by atoms with Crippen LogP contribution in [-0.2, 0) is 22.6 Å². The Morgan fingerprint density at radius 3 is 2.39 bits per heavy atom. The van der Waals surface area contributed by atoms with Gasteiger partial charge in [-0.15, -0.1) is 0 Å². The molecule has 9 heteroatoms. The number of nitro groups is 1. The molecule has 31 heavy (non-hydrogen) atoms. The average Bonchev–Trinajstić information content (AvgIpc) is 2.69. The standard InChI is InChI=1S/C22H25Cl2N3O4/c1-4-19(22(29)25-14(2)3)26(13-16-9-10-17(23)12-18(16)24)21(28)11-15-7-5-6-8-20(15)27(30)31/h5-10,12,14,19H,4,11,13H2,1-3H3,(H,25,29)/t19-/m1/s1. The topological polar surface area (TPSA) is 92.6 Å². The van der Waals surface area contributed by atoms with Gasteiger partial charge in [-0.05, 0) is 38.0 Å². The Morgan fingerprint density at radius 2 is 1.81 bits per heavy atom. The lowest BCUT2D eigenvalue weighted by Crippen LogP contribution is -2.50. The maximum absolute atomic E-state index is 13.3. The van der Waals surface area contributed by atoms with Crippen LogP contribution in [0, 0.1) is 10.1 Å². The predicted octanol–water partition coefficient (Wildman–Crippen LogP) is 4.78. The maximum Gasteiger partial charge on any atom is 0.273 e. The molecule has 0 aliphatic carbocycles. The lowest BCUT2D eigenvalue weighted by molar-refractivity contribution is -0.385. The number of nitro benzene ring substituents is 1. The summed E-state index contributed by atoms with van der Waals surface area (Å²) in [6.07, 6.45) is 0.153. The van der Waals surface area contributed by atoms with E-state index in [2.05, 4.69) is 5.32 Å². The van der Waals surface area contributed by atoms with Crippen molar-refractivity contribution >= 4 is 40.7 Å². The van der Waals surface area contributed by atoms with Crippen molar-refractivity contribution in [3.8, 4) is 0 Å². The van der Waals surface area contributed by atoms with Gasteiger partial charge in [0.05, 0.1) is 11.3 Å². The summed E-state index contributed by atoms with van der Waals surface area (Å²) in [5, 5.41) is 15.0. The molecule has 0 aliphatic heterocycles. The average molecular weight is 466 g/mol. The number of hydrogen-bond acceptors (Lipinski definition) is 4. The van der Waals surface area contributed by atoms with E-state index in [-0.39, 0.29) is 36.2 Å². The summed E-state index contributed by atoms with van der Waals surface area (Å²) in [5.74, 6) is -0.704. The van der Waals surface area contributed by atoms with E-state index in [1.807, 2.05) is 13.8 Å². The molecule has 166 valence electrons. The molecule has 0 aliphatic rings. The third-order valence-electron chi connectivity index (χ3n) is 4.70. The lowest BCUT2D eigenvalue weighted by Gasteiger charge is -2.31. The Morgan fingerprint density at radius 1 is 1.13 bits per heavy atom. The summed E-state index contributed by atoms with van der Waals surface area (Å²) in [5.41, 5.74) is 0.765. The van der Waals surface area contributed by atoms with E-state index in [1.165, 1.54) is 11.0 Å². The van der Waals surface area contributed by atoms with Gasteiger partial charge < -0.3 is 10.2 Å². The number of carbonyl (C=O) groups is 2. The first-order valence-electron chi connectivity index (χ1n) is 9.90. The van der Waals surface area contributed by atoms with Gasteiger partial charge in [0.2, 0.25) is 11.8 Å². The zero-order valence-corrected chi connectivity index (χ0v) is 19.1. The Balaban J connectivity index is 2.41. The van der Waals surface area contributed by atoms with Gasteiger partial charge in [-0.2, -0.15) is 0 Å². The van der Waals surface area contributed by atoms with Crippen LogP contribution in [0.25, 0.3) is 0 Å². The van der Waals surface area contributed by atoms with Crippen LogP contribution in [-0.4, -0.2) is 33.7 Å². The highest BCUT2D eigenvalue weighted by atomic mass is 35.5. The second-order valence-corrected chi connectivity index (χ2v) is 8.25. The van der Waals surface area contributed by atoms with E-state index in [0.717, 1.165) is 0 Å². The molecule has 1 N–H and O–H groups in total. The second kappa shape index (κ2) is 11.1. The molecule has 0 aromatic heterocycles. The molecular weight excluding hydrogens is 441 g/mol. The molecule has 7 nitrogen and oxygen atoms in total. The van der Waals surface area contributed by atoms with Crippen molar-refractivity contribution in [3.05, 3.63) is 73.8 Å². The number of hydrogen-bond donors (Lipinski definition) is 1. The van der Waals surface area contributed by atoms with E-state index in [4.69, 9.17) is 23.2 Å². The van der Waals surface area contributed by atoms with Gasteiger partial charge in [-0.25, -0.2) is 0 Å². The molecule has 1 atom stereocenters. The number of rotatable bonds is 9. The van der Waals surface area contributed by atoms with Crippen molar-refractivity contribution in [2.45, 2.75) is 52.2 Å². The number of carbonyl (C=O) groups excluding carboxylic acids is 2. The summed E-state index contributed by atoms with van der Waals surface area (Å²) < 4.78 is 0. The largest absolute Gasteiger partial charge is 0.352 e. The van der Waals surface area contributed by atoms with Gasteiger partial charge >= 0.3 is 0 Å². The minimum atomic E-state index is -0.760. The van der Waals surface area contributed by atoms with Crippen molar-refractivity contribution in [2.75, 3.05) is 0 Å². The minimum absolute atomic E-state index is 0.0689. The van der Waals surface area contributed by atoms with E-state index in [1.54, 1.807) is 43.3 Å². The van der Waals surface area contributed by atoms with Gasteiger partial charge in [0.15, 0.2) is 0 Å². The maximum atomic E-state index is 13.3. The van der Waals surface area contributed by atoms with Crippen molar-refractivity contribution in [2.24, 2.45) is 0 Å². The molecule has 0 saturated heterocycles. The number of nitrogens with one attached hydrogen (secondary N) is 1. The van der Waals surface area contributed by atoms with Crippen LogP contribution in [0.4, 0.5) is 5.69 Å². The molecule has 2 rings (SSSR count). The van der Waals surface area contributed by atoms with Gasteiger partial charge in [-0.3, -0.25) is 19.7 Å².